The van der Waals surface area contributed by atoms with Gasteiger partial charge in [-0.25, -0.2) is 0 Å². The maximum Gasteiger partial charge on any atom is 0.104 e. The van der Waals surface area contributed by atoms with Crippen molar-refractivity contribution in [3.05, 3.63) is 0 Å². The fourth-order valence-electron chi connectivity index (χ4n) is 0.380. The molecule has 0 fully saturated rings. The Bertz CT molecular complexity index is 39.1. The number of aliphatic hydroxyl groups is 1. The van der Waals surface area contributed by atoms with Gasteiger partial charge in [-0.1, -0.05) is 13.8 Å². The molecule has 44 valence electrons. The molecule has 2 N–H and O–H groups in total. The number of hydrogen-bond acceptors (Lipinski definition) is 2. The van der Waals surface area contributed by atoms with Gasteiger partial charge in [-0.15, -0.1) is 0 Å². The molecule has 1 atom stereocenters. The van der Waals surface area contributed by atoms with Crippen LogP contribution >= 0.6 is 0 Å². The summed E-state index contributed by atoms with van der Waals surface area (Å²) in [5.74, 6) is 0. The molecule has 0 rings (SSSR count). The number of rotatable bonds is 3. The van der Waals surface area contributed by atoms with Crippen molar-refractivity contribution in [2.75, 3.05) is 6.54 Å². The third-order valence-electron chi connectivity index (χ3n) is 0.826. The van der Waals surface area contributed by atoms with Crippen molar-refractivity contribution < 1.29 is 5.11 Å². The van der Waals surface area contributed by atoms with Gasteiger partial charge in [0.2, 0.25) is 0 Å². The van der Waals surface area contributed by atoms with Crippen LogP contribution in [0.1, 0.15) is 20.3 Å². The summed E-state index contributed by atoms with van der Waals surface area (Å²) in [5.41, 5.74) is 0. The molecule has 2 heteroatoms. The second kappa shape index (κ2) is 4.09. The van der Waals surface area contributed by atoms with E-state index in [0.29, 0.717) is 0 Å². The zero-order chi connectivity index (χ0) is 5.70. The Morgan fingerprint density at radius 2 is 2.14 bits per heavy atom. The second-order valence-corrected chi connectivity index (χ2v) is 1.48. The number of hydrogen-bond donors (Lipinski definition) is 2. The summed E-state index contributed by atoms with van der Waals surface area (Å²) >= 11 is 0. The summed E-state index contributed by atoms with van der Waals surface area (Å²) in [6.45, 7) is 4.75. The van der Waals surface area contributed by atoms with Crippen LogP contribution in [0.2, 0.25) is 0 Å². The standard InChI is InChI=1S/C5H13NO/c1-3-5(7)6-4-2/h5-7H,3-4H2,1-2H3/t5-/m1/s1. The van der Waals surface area contributed by atoms with Crippen molar-refractivity contribution in [1.82, 2.24) is 5.32 Å². The molecule has 0 aromatic carbocycles. The van der Waals surface area contributed by atoms with Crippen LogP contribution in [0.15, 0.2) is 0 Å². The smallest absolute Gasteiger partial charge is 0.104 e. The van der Waals surface area contributed by atoms with E-state index in [4.69, 9.17) is 5.11 Å². The van der Waals surface area contributed by atoms with E-state index in [1.165, 1.54) is 0 Å². The maximum atomic E-state index is 8.75. The van der Waals surface area contributed by atoms with Gasteiger partial charge in [0.25, 0.3) is 0 Å². The quantitative estimate of drug-likeness (QED) is 0.504. The Morgan fingerprint density at radius 1 is 1.57 bits per heavy atom. The molecule has 7 heavy (non-hydrogen) atoms. The Balaban J connectivity index is 2.83. The molecule has 0 amide bonds. The molecule has 0 heterocycles. The third kappa shape index (κ3) is 3.76. The molecular weight excluding hydrogens is 90.1 g/mol. The van der Waals surface area contributed by atoms with Crippen LogP contribution in [0, 0.1) is 0 Å². The van der Waals surface area contributed by atoms with Crippen LogP contribution in [-0.4, -0.2) is 17.9 Å². The fourth-order valence-corrected chi connectivity index (χ4v) is 0.380. The summed E-state index contributed by atoms with van der Waals surface area (Å²) < 4.78 is 0. The van der Waals surface area contributed by atoms with E-state index in [-0.39, 0.29) is 6.23 Å². The van der Waals surface area contributed by atoms with E-state index in [9.17, 15) is 0 Å². The van der Waals surface area contributed by atoms with Gasteiger partial charge in [0, 0.05) is 0 Å². The molecule has 0 aliphatic rings. The normalized spacial score (nSPS) is 14.1. The zero-order valence-corrected chi connectivity index (χ0v) is 4.94. The van der Waals surface area contributed by atoms with Crippen molar-refractivity contribution in [1.29, 1.82) is 0 Å². The predicted molar refractivity (Wildman–Crippen MR) is 30.0 cm³/mol. The lowest BCUT2D eigenvalue weighted by Crippen LogP contribution is -2.26. The highest BCUT2D eigenvalue weighted by molar-refractivity contribution is 4.44. The topological polar surface area (TPSA) is 32.3 Å². The molecule has 0 bridgehead atoms. The molecule has 0 aliphatic heterocycles. The van der Waals surface area contributed by atoms with Gasteiger partial charge in [-0.3, -0.25) is 5.32 Å². The first kappa shape index (κ1) is 6.92. The predicted octanol–water partition coefficient (Wildman–Crippen LogP) is 0.324. The van der Waals surface area contributed by atoms with Gasteiger partial charge in [0.05, 0.1) is 0 Å². The largest absolute Gasteiger partial charge is 0.379 e. The SMILES string of the molecule is CCN[C@H](O)CC. The highest BCUT2D eigenvalue weighted by Crippen LogP contribution is 1.80. The van der Waals surface area contributed by atoms with Crippen molar-refractivity contribution >= 4 is 0 Å². The Hall–Kier alpha value is -0.0800. The first-order valence-electron chi connectivity index (χ1n) is 2.72. The maximum absolute atomic E-state index is 8.75. The summed E-state index contributed by atoms with van der Waals surface area (Å²) in [6.07, 6.45) is 0.485. The van der Waals surface area contributed by atoms with E-state index < -0.39 is 0 Å². The Morgan fingerprint density at radius 3 is 2.29 bits per heavy atom. The van der Waals surface area contributed by atoms with E-state index >= 15 is 0 Å². The number of nitrogens with one attached hydrogen (secondary N) is 1. The van der Waals surface area contributed by atoms with E-state index in [1.807, 2.05) is 13.8 Å². The van der Waals surface area contributed by atoms with Crippen LogP contribution in [0.4, 0.5) is 0 Å². The monoisotopic (exact) mass is 103 g/mol. The number of aliphatic hydroxyl groups excluding tert-OH is 1. The van der Waals surface area contributed by atoms with Gasteiger partial charge in [-0.2, -0.15) is 0 Å². The van der Waals surface area contributed by atoms with Gasteiger partial charge in [-0.05, 0) is 13.0 Å². The Labute approximate surface area is 44.5 Å². The molecule has 0 unspecified atom stereocenters. The molecule has 0 saturated heterocycles. The third-order valence-corrected chi connectivity index (χ3v) is 0.826. The van der Waals surface area contributed by atoms with Crippen LogP contribution in [0.25, 0.3) is 0 Å². The minimum atomic E-state index is -0.301. The van der Waals surface area contributed by atoms with Crippen molar-refractivity contribution in [2.24, 2.45) is 0 Å². The molecule has 0 aromatic heterocycles. The molecule has 0 aliphatic carbocycles. The average molecular weight is 103 g/mol. The van der Waals surface area contributed by atoms with Crippen LogP contribution in [-0.2, 0) is 0 Å². The molecule has 0 saturated carbocycles. The molecule has 0 spiro atoms. The Kier molecular flexibility index (Phi) is 4.04. The van der Waals surface area contributed by atoms with Gasteiger partial charge in [0.15, 0.2) is 0 Å². The zero-order valence-electron chi connectivity index (χ0n) is 4.94. The van der Waals surface area contributed by atoms with E-state index in [1.54, 1.807) is 0 Å². The summed E-state index contributed by atoms with van der Waals surface area (Å²) in [7, 11) is 0. The van der Waals surface area contributed by atoms with E-state index in [0.717, 1.165) is 13.0 Å². The van der Waals surface area contributed by atoms with Gasteiger partial charge in [0.1, 0.15) is 6.23 Å². The van der Waals surface area contributed by atoms with Crippen molar-refractivity contribution in [2.45, 2.75) is 26.5 Å². The molecule has 2 nitrogen and oxygen atoms in total. The van der Waals surface area contributed by atoms with Crippen LogP contribution in [0.3, 0.4) is 0 Å². The first-order valence-corrected chi connectivity index (χ1v) is 2.72. The van der Waals surface area contributed by atoms with Gasteiger partial charge >= 0.3 is 0 Å². The van der Waals surface area contributed by atoms with Crippen molar-refractivity contribution in [3.8, 4) is 0 Å². The van der Waals surface area contributed by atoms with Crippen LogP contribution in [0.5, 0.6) is 0 Å². The summed E-state index contributed by atoms with van der Waals surface area (Å²) in [4.78, 5) is 0. The van der Waals surface area contributed by atoms with Crippen LogP contribution < -0.4 is 5.32 Å². The second-order valence-electron chi connectivity index (χ2n) is 1.48. The van der Waals surface area contributed by atoms with E-state index in [2.05, 4.69) is 5.32 Å². The average Bonchev–Trinajstić information content (AvgIpc) is 1.68. The molecular formula is C5H13NO. The van der Waals surface area contributed by atoms with Gasteiger partial charge < -0.3 is 5.11 Å². The first-order chi connectivity index (χ1) is 3.31. The fraction of sp³-hybridized carbons (Fsp3) is 1.00. The minimum Gasteiger partial charge on any atom is -0.379 e. The lowest BCUT2D eigenvalue weighted by Gasteiger charge is -2.05. The highest BCUT2D eigenvalue weighted by atomic mass is 16.3. The highest BCUT2D eigenvalue weighted by Gasteiger charge is 1.92. The lowest BCUT2D eigenvalue weighted by atomic mass is 10.4. The molecule has 0 aromatic rings. The molecule has 0 radical (unpaired) electrons. The van der Waals surface area contributed by atoms with Crippen molar-refractivity contribution in [3.63, 3.8) is 0 Å². The lowest BCUT2D eigenvalue weighted by molar-refractivity contribution is 0.135. The minimum absolute atomic E-state index is 0.301. The summed E-state index contributed by atoms with van der Waals surface area (Å²) in [6, 6.07) is 0. The summed E-state index contributed by atoms with van der Waals surface area (Å²) in [5, 5.41) is 11.6.